The molecule has 0 aromatic carbocycles. The van der Waals surface area contributed by atoms with Gasteiger partial charge in [-0.3, -0.25) is 0 Å². The summed E-state index contributed by atoms with van der Waals surface area (Å²) in [7, 11) is 0. The summed E-state index contributed by atoms with van der Waals surface area (Å²) in [5.41, 5.74) is 1.22. The Morgan fingerprint density at radius 3 is 2.71 bits per heavy atom. The van der Waals surface area contributed by atoms with Crippen molar-refractivity contribution in [2.24, 2.45) is 0 Å². The van der Waals surface area contributed by atoms with Crippen LogP contribution in [0.1, 0.15) is 76.4 Å². The lowest BCUT2D eigenvalue weighted by Crippen LogP contribution is -2.13. The van der Waals surface area contributed by atoms with Crippen molar-refractivity contribution in [3.8, 4) is 0 Å². The van der Waals surface area contributed by atoms with Gasteiger partial charge in [-0.15, -0.1) is 0 Å². The van der Waals surface area contributed by atoms with Gasteiger partial charge in [-0.05, 0) is 44.9 Å². The number of unbranched alkanes of at least 4 members (excludes halogenated alkanes) is 3. The van der Waals surface area contributed by atoms with Crippen molar-refractivity contribution in [1.29, 1.82) is 0 Å². The van der Waals surface area contributed by atoms with Gasteiger partial charge in [0, 0.05) is 0 Å². The van der Waals surface area contributed by atoms with Crippen LogP contribution in [0, 0.1) is 6.92 Å². The standard InChI is InChI=1S/C18H33NO2/c1-5-7-8-9-10-16(4)20-14-17-12-15(3)18(21-17)13-19-11-6-2/h12,16,19H,5-11,13-14H2,1-4H3. The van der Waals surface area contributed by atoms with Gasteiger partial charge in [-0.2, -0.15) is 0 Å². The molecule has 0 saturated carbocycles. The summed E-state index contributed by atoms with van der Waals surface area (Å²) in [6.45, 7) is 11.1. The summed E-state index contributed by atoms with van der Waals surface area (Å²) in [5.74, 6) is 1.99. The lowest BCUT2D eigenvalue weighted by molar-refractivity contribution is 0.0355. The van der Waals surface area contributed by atoms with Crippen molar-refractivity contribution in [3.05, 3.63) is 23.2 Å². The first kappa shape index (κ1) is 18.2. The lowest BCUT2D eigenvalue weighted by Gasteiger charge is -2.11. The predicted molar refractivity (Wildman–Crippen MR) is 88.5 cm³/mol. The van der Waals surface area contributed by atoms with Crippen LogP contribution in [-0.4, -0.2) is 12.6 Å². The minimum absolute atomic E-state index is 0.314. The maximum absolute atomic E-state index is 5.89. The van der Waals surface area contributed by atoms with Crippen LogP contribution in [0.3, 0.4) is 0 Å². The van der Waals surface area contributed by atoms with E-state index in [2.05, 4.69) is 39.1 Å². The van der Waals surface area contributed by atoms with Crippen LogP contribution in [0.4, 0.5) is 0 Å². The Balaban J connectivity index is 2.26. The molecule has 0 bridgehead atoms. The molecule has 0 spiro atoms. The normalized spacial score (nSPS) is 12.8. The summed E-state index contributed by atoms with van der Waals surface area (Å²) in [6, 6.07) is 2.10. The predicted octanol–water partition coefficient (Wildman–Crippen LogP) is 4.96. The molecule has 3 nitrogen and oxygen atoms in total. The van der Waals surface area contributed by atoms with Gasteiger partial charge in [-0.1, -0.05) is 39.5 Å². The Hall–Kier alpha value is -0.800. The van der Waals surface area contributed by atoms with Gasteiger partial charge < -0.3 is 14.5 Å². The largest absolute Gasteiger partial charge is 0.462 e. The second-order valence-corrected chi connectivity index (χ2v) is 5.97. The maximum atomic E-state index is 5.89. The summed E-state index contributed by atoms with van der Waals surface area (Å²) < 4.78 is 11.8. The highest BCUT2D eigenvalue weighted by atomic mass is 16.5. The molecule has 1 aromatic heterocycles. The first-order chi connectivity index (χ1) is 10.2. The SMILES string of the molecule is CCCCCCC(C)OCc1cc(C)c(CNCCC)o1. The number of hydrogen-bond acceptors (Lipinski definition) is 3. The van der Waals surface area contributed by atoms with E-state index in [1.54, 1.807) is 0 Å². The Bertz CT molecular complexity index is 373. The Labute approximate surface area is 130 Å². The summed E-state index contributed by atoms with van der Waals surface area (Å²) in [6.07, 6.45) is 7.80. The number of ether oxygens (including phenoxy) is 1. The van der Waals surface area contributed by atoms with E-state index in [1.165, 1.54) is 31.2 Å². The maximum Gasteiger partial charge on any atom is 0.130 e. The van der Waals surface area contributed by atoms with Crippen LogP contribution < -0.4 is 5.32 Å². The van der Waals surface area contributed by atoms with Gasteiger partial charge in [0.1, 0.15) is 18.1 Å². The highest BCUT2D eigenvalue weighted by Crippen LogP contribution is 2.17. The second-order valence-electron chi connectivity index (χ2n) is 5.97. The molecule has 3 heteroatoms. The number of nitrogens with one attached hydrogen (secondary N) is 1. The second kappa shape index (κ2) is 10.9. The molecule has 1 unspecified atom stereocenters. The Morgan fingerprint density at radius 1 is 1.19 bits per heavy atom. The molecule has 1 heterocycles. The molecule has 0 amide bonds. The van der Waals surface area contributed by atoms with Crippen LogP contribution in [0.15, 0.2) is 10.5 Å². The third kappa shape index (κ3) is 7.68. The molecule has 0 saturated heterocycles. The zero-order valence-electron chi connectivity index (χ0n) is 14.3. The topological polar surface area (TPSA) is 34.4 Å². The van der Waals surface area contributed by atoms with Crippen LogP contribution in [0.25, 0.3) is 0 Å². The zero-order valence-corrected chi connectivity index (χ0v) is 14.3. The van der Waals surface area contributed by atoms with E-state index in [9.17, 15) is 0 Å². The first-order valence-corrected chi connectivity index (χ1v) is 8.57. The monoisotopic (exact) mass is 295 g/mol. The van der Waals surface area contributed by atoms with Gasteiger partial charge in [-0.25, -0.2) is 0 Å². The van der Waals surface area contributed by atoms with E-state index >= 15 is 0 Å². The molecule has 21 heavy (non-hydrogen) atoms. The molecule has 0 radical (unpaired) electrons. The number of furan rings is 1. The molecule has 122 valence electrons. The number of rotatable bonds is 12. The van der Waals surface area contributed by atoms with Crippen molar-refractivity contribution < 1.29 is 9.15 Å². The molecule has 1 aromatic rings. The van der Waals surface area contributed by atoms with E-state index in [0.717, 1.165) is 37.5 Å². The Kier molecular flexibility index (Phi) is 9.44. The molecular formula is C18H33NO2. The van der Waals surface area contributed by atoms with Crippen molar-refractivity contribution in [3.63, 3.8) is 0 Å². The molecule has 0 aliphatic heterocycles. The highest BCUT2D eigenvalue weighted by molar-refractivity contribution is 5.19. The fraction of sp³-hybridized carbons (Fsp3) is 0.778. The van der Waals surface area contributed by atoms with Crippen LogP contribution in [-0.2, 0) is 17.9 Å². The van der Waals surface area contributed by atoms with E-state index in [1.807, 2.05) is 0 Å². The van der Waals surface area contributed by atoms with Crippen LogP contribution in [0.5, 0.6) is 0 Å². The van der Waals surface area contributed by atoms with E-state index < -0.39 is 0 Å². The van der Waals surface area contributed by atoms with Crippen LogP contribution >= 0.6 is 0 Å². The van der Waals surface area contributed by atoms with Gasteiger partial charge in [0.25, 0.3) is 0 Å². The first-order valence-electron chi connectivity index (χ1n) is 8.57. The molecule has 0 aliphatic rings. The summed E-state index contributed by atoms with van der Waals surface area (Å²) >= 11 is 0. The summed E-state index contributed by atoms with van der Waals surface area (Å²) in [5, 5.41) is 3.38. The van der Waals surface area contributed by atoms with Crippen molar-refractivity contribution in [1.82, 2.24) is 5.32 Å². The lowest BCUT2D eigenvalue weighted by atomic mass is 10.1. The fourth-order valence-corrected chi connectivity index (χ4v) is 2.38. The van der Waals surface area contributed by atoms with Gasteiger partial charge in [0.2, 0.25) is 0 Å². The van der Waals surface area contributed by atoms with Crippen LogP contribution in [0.2, 0.25) is 0 Å². The van der Waals surface area contributed by atoms with Crippen molar-refractivity contribution >= 4 is 0 Å². The minimum Gasteiger partial charge on any atom is -0.462 e. The van der Waals surface area contributed by atoms with Crippen molar-refractivity contribution in [2.45, 2.75) is 85.5 Å². The fourth-order valence-electron chi connectivity index (χ4n) is 2.38. The molecule has 1 N–H and O–H groups in total. The molecule has 0 aliphatic carbocycles. The van der Waals surface area contributed by atoms with Gasteiger partial charge in [0.05, 0.1) is 12.6 Å². The molecule has 1 atom stereocenters. The van der Waals surface area contributed by atoms with E-state index in [0.29, 0.717) is 12.7 Å². The van der Waals surface area contributed by atoms with Gasteiger partial charge in [0.15, 0.2) is 0 Å². The summed E-state index contributed by atoms with van der Waals surface area (Å²) in [4.78, 5) is 0. The van der Waals surface area contributed by atoms with Gasteiger partial charge >= 0.3 is 0 Å². The number of hydrogen-bond donors (Lipinski definition) is 1. The third-order valence-electron chi connectivity index (χ3n) is 3.76. The third-order valence-corrected chi connectivity index (χ3v) is 3.76. The van der Waals surface area contributed by atoms with Crippen molar-refractivity contribution in [2.75, 3.05) is 6.54 Å². The smallest absolute Gasteiger partial charge is 0.130 e. The molecule has 0 fully saturated rings. The van der Waals surface area contributed by atoms with E-state index in [-0.39, 0.29) is 0 Å². The van der Waals surface area contributed by atoms with E-state index in [4.69, 9.17) is 9.15 Å². The number of aryl methyl sites for hydroxylation is 1. The quantitative estimate of drug-likeness (QED) is 0.553. The Morgan fingerprint density at radius 2 is 2.00 bits per heavy atom. The average molecular weight is 295 g/mol. The average Bonchev–Trinajstić information content (AvgIpc) is 2.82. The molecule has 1 rings (SSSR count). The highest BCUT2D eigenvalue weighted by Gasteiger charge is 2.09. The molecular weight excluding hydrogens is 262 g/mol. The zero-order chi connectivity index (χ0) is 15.5. The minimum atomic E-state index is 0.314.